The standard InChI is InChI=1S/C14H31N3O2S/c1-4-13-8-6-9-14(12-13)16-20(18,19)17(3)11-7-10-15-5-2/h13-16H,4-12H2,1-3H3. The molecule has 0 amide bonds. The fourth-order valence-corrected chi connectivity index (χ4v) is 3.98. The van der Waals surface area contributed by atoms with E-state index in [1.54, 1.807) is 7.05 Å². The number of nitrogens with zero attached hydrogens (tertiary/aromatic N) is 1. The van der Waals surface area contributed by atoms with Crippen LogP contribution in [0.15, 0.2) is 0 Å². The molecule has 1 rings (SSSR count). The Morgan fingerprint density at radius 2 is 2.00 bits per heavy atom. The van der Waals surface area contributed by atoms with Gasteiger partial charge in [0, 0.05) is 19.6 Å². The molecule has 2 unspecified atom stereocenters. The summed E-state index contributed by atoms with van der Waals surface area (Å²) in [7, 11) is -1.66. The van der Waals surface area contributed by atoms with Crippen molar-refractivity contribution >= 4 is 10.2 Å². The van der Waals surface area contributed by atoms with Crippen LogP contribution >= 0.6 is 0 Å². The molecule has 0 aromatic heterocycles. The van der Waals surface area contributed by atoms with Crippen LogP contribution in [-0.4, -0.2) is 45.4 Å². The van der Waals surface area contributed by atoms with E-state index in [1.165, 1.54) is 10.7 Å². The summed E-state index contributed by atoms with van der Waals surface area (Å²) in [5.41, 5.74) is 0. The van der Waals surface area contributed by atoms with E-state index >= 15 is 0 Å². The van der Waals surface area contributed by atoms with Crippen molar-refractivity contribution in [1.29, 1.82) is 0 Å². The molecule has 0 aliphatic heterocycles. The van der Waals surface area contributed by atoms with E-state index in [1.807, 2.05) is 0 Å². The van der Waals surface area contributed by atoms with E-state index in [-0.39, 0.29) is 6.04 Å². The van der Waals surface area contributed by atoms with Gasteiger partial charge >= 0.3 is 0 Å². The quantitative estimate of drug-likeness (QED) is 0.638. The minimum Gasteiger partial charge on any atom is -0.317 e. The van der Waals surface area contributed by atoms with E-state index in [4.69, 9.17) is 0 Å². The van der Waals surface area contributed by atoms with E-state index < -0.39 is 10.2 Å². The Balaban J connectivity index is 2.39. The van der Waals surface area contributed by atoms with Crippen molar-refractivity contribution in [3.63, 3.8) is 0 Å². The fraction of sp³-hybridized carbons (Fsp3) is 1.00. The highest BCUT2D eigenvalue weighted by Gasteiger charge is 2.26. The average molecular weight is 305 g/mol. The number of hydrogen-bond acceptors (Lipinski definition) is 3. The Morgan fingerprint density at radius 3 is 2.65 bits per heavy atom. The first-order valence-corrected chi connectivity index (χ1v) is 9.37. The molecule has 1 aliphatic rings. The highest BCUT2D eigenvalue weighted by atomic mass is 32.2. The second-order valence-corrected chi connectivity index (χ2v) is 7.60. The summed E-state index contributed by atoms with van der Waals surface area (Å²) in [4.78, 5) is 0. The van der Waals surface area contributed by atoms with Crippen LogP contribution in [0.5, 0.6) is 0 Å². The van der Waals surface area contributed by atoms with Crippen LogP contribution in [0.1, 0.15) is 52.4 Å². The molecule has 0 aromatic carbocycles. The average Bonchev–Trinajstić information content (AvgIpc) is 2.43. The first-order chi connectivity index (χ1) is 9.49. The minimum absolute atomic E-state index is 0.120. The lowest BCUT2D eigenvalue weighted by molar-refractivity contribution is 0.296. The highest BCUT2D eigenvalue weighted by Crippen LogP contribution is 2.27. The van der Waals surface area contributed by atoms with E-state index in [9.17, 15) is 8.42 Å². The first kappa shape index (κ1) is 17.9. The molecule has 2 N–H and O–H groups in total. The van der Waals surface area contributed by atoms with Gasteiger partial charge in [-0.2, -0.15) is 17.4 Å². The van der Waals surface area contributed by atoms with Crippen molar-refractivity contribution < 1.29 is 8.42 Å². The maximum absolute atomic E-state index is 12.3. The monoisotopic (exact) mass is 305 g/mol. The maximum Gasteiger partial charge on any atom is 0.279 e. The molecule has 0 radical (unpaired) electrons. The van der Waals surface area contributed by atoms with Gasteiger partial charge in [0.15, 0.2) is 0 Å². The molecule has 1 saturated carbocycles. The summed E-state index contributed by atoms with van der Waals surface area (Å²) in [6, 6.07) is 0.120. The van der Waals surface area contributed by atoms with Gasteiger partial charge in [-0.1, -0.05) is 33.1 Å². The molecular weight excluding hydrogens is 274 g/mol. The second kappa shape index (κ2) is 8.97. The van der Waals surface area contributed by atoms with Crippen LogP contribution < -0.4 is 10.0 Å². The number of hydrogen-bond donors (Lipinski definition) is 2. The van der Waals surface area contributed by atoms with Crippen molar-refractivity contribution in [3.8, 4) is 0 Å². The van der Waals surface area contributed by atoms with E-state index in [0.717, 1.165) is 45.2 Å². The van der Waals surface area contributed by atoms with Crippen molar-refractivity contribution in [2.24, 2.45) is 5.92 Å². The molecule has 5 nitrogen and oxygen atoms in total. The molecule has 1 aliphatic carbocycles. The Bertz CT molecular complexity index is 359. The summed E-state index contributed by atoms with van der Waals surface area (Å²) < 4.78 is 28.8. The Hall–Kier alpha value is -0.170. The topological polar surface area (TPSA) is 61.4 Å². The smallest absolute Gasteiger partial charge is 0.279 e. The van der Waals surface area contributed by atoms with Gasteiger partial charge in [-0.05, 0) is 38.3 Å². The van der Waals surface area contributed by atoms with Gasteiger partial charge in [0.1, 0.15) is 0 Å². The van der Waals surface area contributed by atoms with Crippen molar-refractivity contribution in [1.82, 2.24) is 14.3 Å². The molecule has 120 valence electrons. The second-order valence-electron chi connectivity index (χ2n) is 5.79. The van der Waals surface area contributed by atoms with Crippen LogP contribution in [0.4, 0.5) is 0 Å². The highest BCUT2D eigenvalue weighted by molar-refractivity contribution is 7.87. The van der Waals surface area contributed by atoms with Crippen molar-refractivity contribution in [3.05, 3.63) is 0 Å². The molecule has 0 aromatic rings. The minimum atomic E-state index is -3.32. The first-order valence-electron chi connectivity index (χ1n) is 7.93. The van der Waals surface area contributed by atoms with E-state index in [2.05, 4.69) is 23.9 Å². The predicted molar refractivity (Wildman–Crippen MR) is 83.9 cm³/mol. The third-order valence-corrected chi connectivity index (χ3v) is 5.80. The zero-order valence-corrected chi connectivity index (χ0v) is 14.0. The van der Waals surface area contributed by atoms with E-state index in [0.29, 0.717) is 12.5 Å². The zero-order valence-electron chi connectivity index (χ0n) is 13.2. The van der Waals surface area contributed by atoms with Gasteiger partial charge in [0.05, 0.1) is 0 Å². The van der Waals surface area contributed by atoms with Crippen LogP contribution in [0.25, 0.3) is 0 Å². The lowest BCUT2D eigenvalue weighted by Gasteiger charge is -2.30. The summed E-state index contributed by atoms with van der Waals surface area (Å²) in [5, 5.41) is 3.21. The maximum atomic E-state index is 12.3. The van der Waals surface area contributed by atoms with Crippen molar-refractivity contribution in [2.45, 2.75) is 58.4 Å². The Kier molecular flexibility index (Phi) is 8.02. The van der Waals surface area contributed by atoms with Crippen LogP contribution in [-0.2, 0) is 10.2 Å². The molecule has 20 heavy (non-hydrogen) atoms. The van der Waals surface area contributed by atoms with Crippen LogP contribution in [0.2, 0.25) is 0 Å². The van der Waals surface area contributed by atoms with Gasteiger partial charge in [-0.25, -0.2) is 0 Å². The zero-order chi connectivity index (χ0) is 15.0. The van der Waals surface area contributed by atoms with Gasteiger partial charge in [0.2, 0.25) is 0 Å². The van der Waals surface area contributed by atoms with Crippen molar-refractivity contribution in [2.75, 3.05) is 26.7 Å². The molecule has 0 saturated heterocycles. The largest absolute Gasteiger partial charge is 0.317 e. The molecule has 6 heteroatoms. The number of rotatable bonds is 9. The normalized spacial score (nSPS) is 24.2. The SMILES string of the molecule is CCNCCCN(C)S(=O)(=O)NC1CCCC(CC)C1. The van der Waals surface area contributed by atoms with Gasteiger partial charge in [0.25, 0.3) is 10.2 Å². The molecule has 0 spiro atoms. The summed E-state index contributed by atoms with van der Waals surface area (Å²) >= 11 is 0. The lowest BCUT2D eigenvalue weighted by Crippen LogP contribution is -2.45. The van der Waals surface area contributed by atoms with Crippen LogP contribution in [0.3, 0.4) is 0 Å². The molecule has 2 atom stereocenters. The Labute approximate surface area is 124 Å². The van der Waals surface area contributed by atoms with Gasteiger partial charge in [-0.3, -0.25) is 0 Å². The molecule has 0 bridgehead atoms. The number of nitrogens with one attached hydrogen (secondary N) is 2. The molecular formula is C14H31N3O2S. The third-order valence-electron chi connectivity index (χ3n) is 4.16. The Morgan fingerprint density at radius 1 is 1.25 bits per heavy atom. The molecule has 0 heterocycles. The van der Waals surface area contributed by atoms with Gasteiger partial charge in [-0.15, -0.1) is 0 Å². The summed E-state index contributed by atoms with van der Waals surface area (Å²) in [5.74, 6) is 0.676. The van der Waals surface area contributed by atoms with Crippen LogP contribution in [0, 0.1) is 5.92 Å². The lowest BCUT2D eigenvalue weighted by atomic mass is 9.85. The summed E-state index contributed by atoms with van der Waals surface area (Å²) in [6.07, 6.45) is 6.33. The third kappa shape index (κ3) is 6.08. The summed E-state index contributed by atoms with van der Waals surface area (Å²) in [6.45, 7) is 6.59. The fourth-order valence-electron chi connectivity index (χ4n) is 2.79. The molecule has 1 fully saturated rings. The van der Waals surface area contributed by atoms with Gasteiger partial charge < -0.3 is 5.32 Å². The predicted octanol–water partition coefficient (Wildman–Crippen LogP) is 1.72.